The van der Waals surface area contributed by atoms with Crippen LogP contribution in [0.25, 0.3) is 0 Å². The number of carbonyl (C=O) groups excluding carboxylic acids is 2. The fraction of sp³-hybridized carbons (Fsp3) is 0.600. The number of carbonyl (C=O) groups is 2. The highest BCUT2D eigenvalue weighted by Crippen LogP contribution is 2.34. The van der Waals surface area contributed by atoms with Gasteiger partial charge in [-0.15, -0.1) is 0 Å². The number of benzene rings is 1. The zero-order valence-electron chi connectivity index (χ0n) is 16.9. The van der Waals surface area contributed by atoms with Crippen molar-refractivity contribution >= 4 is 21.8 Å². The van der Waals surface area contributed by atoms with Crippen molar-refractivity contribution in [3.05, 3.63) is 29.8 Å². The highest BCUT2D eigenvalue weighted by molar-refractivity contribution is 7.89. The molecule has 3 rings (SSSR count). The second kappa shape index (κ2) is 7.93. The maximum Gasteiger partial charge on any atom is 0.243 e. The Hall–Kier alpha value is -1.77. The standard InChI is InChI=1S/C20H29N3O4S/c1-4-20(3)13-18(24)23(19(25)14-20)15-21-9-11-22(12-10-21)28(26,27)17-7-5-16(2)6-8-17/h5-8H,4,9-15H2,1-3H3/p+1. The van der Waals surface area contributed by atoms with Crippen LogP contribution in [0, 0.1) is 12.3 Å². The summed E-state index contributed by atoms with van der Waals surface area (Å²) in [6, 6.07) is 6.87. The summed E-state index contributed by atoms with van der Waals surface area (Å²) in [5, 5.41) is 0. The maximum absolute atomic E-state index is 12.8. The van der Waals surface area contributed by atoms with Gasteiger partial charge in [0.25, 0.3) is 0 Å². The number of quaternary nitrogens is 1. The molecule has 154 valence electrons. The topological polar surface area (TPSA) is 79.2 Å². The van der Waals surface area contributed by atoms with Crippen LogP contribution in [-0.2, 0) is 19.6 Å². The zero-order valence-corrected chi connectivity index (χ0v) is 17.7. The molecule has 2 amide bonds. The van der Waals surface area contributed by atoms with Crippen LogP contribution in [0.5, 0.6) is 0 Å². The molecule has 2 saturated heterocycles. The lowest BCUT2D eigenvalue weighted by Gasteiger charge is -2.39. The minimum Gasteiger partial charge on any atom is -0.315 e. The molecule has 1 aromatic carbocycles. The first kappa shape index (κ1) is 21.0. The second-order valence-electron chi connectivity index (χ2n) is 8.36. The number of piperazine rings is 1. The van der Waals surface area contributed by atoms with Gasteiger partial charge in [-0.05, 0) is 30.9 Å². The summed E-state index contributed by atoms with van der Waals surface area (Å²) in [6.07, 6.45) is 1.60. The highest BCUT2D eigenvalue weighted by Gasteiger charge is 2.41. The zero-order chi connectivity index (χ0) is 20.5. The Balaban J connectivity index is 1.59. The van der Waals surface area contributed by atoms with Crippen molar-refractivity contribution < 1.29 is 22.9 Å². The van der Waals surface area contributed by atoms with Crippen LogP contribution in [0.2, 0.25) is 0 Å². The molecule has 0 unspecified atom stereocenters. The first-order chi connectivity index (χ1) is 13.1. The fourth-order valence-electron chi connectivity index (χ4n) is 3.83. The third kappa shape index (κ3) is 4.29. The fourth-order valence-corrected chi connectivity index (χ4v) is 5.27. The summed E-state index contributed by atoms with van der Waals surface area (Å²) >= 11 is 0. The number of nitrogens with one attached hydrogen (secondary N) is 1. The van der Waals surface area contributed by atoms with E-state index in [4.69, 9.17) is 0 Å². The van der Waals surface area contributed by atoms with E-state index in [0.29, 0.717) is 50.6 Å². The smallest absolute Gasteiger partial charge is 0.243 e. The van der Waals surface area contributed by atoms with Gasteiger partial charge in [0.1, 0.15) is 0 Å². The third-order valence-corrected chi connectivity index (χ3v) is 7.99. The molecule has 1 N–H and O–H groups in total. The predicted octanol–water partition coefficient (Wildman–Crippen LogP) is 0.407. The van der Waals surface area contributed by atoms with Crippen LogP contribution in [0.1, 0.15) is 38.7 Å². The number of piperidine rings is 1. The molecule has 2 aliphatic heterocycles. The Bertz CT molecular complexity index is 825. The van der Waals surface area contributed by atoms with E-state index in [9.17, 15) is 18.0 Å². The van der Waals surface area contributed by atoms with E-state index in [2.05, 4.69) is 0 Å². The van der Waals surface area contributed by atoms with E-state index >= 15 is 0 Å². The van der Waals surface area contributed by atoms with Crippen molar-refractivity contribution in [1.82, 2.24) is 9.21 Å². The molecule has 28 heavy (non-hydrogen) atoms. The second-order valence-corrected chi connectivity index (χ2v) is 10.3. The van der Waals surface area contributed by atoms with E-state index in [1.807, 2.05) is 20.8 Å². The predicted molar refractivity (Wildman–Crippen MR) is 105 cm³/mol. The maximum atomic E-state index is 12.8. The average Bonchev–Trinajstić information content (AvgIpc) is 2.65. The van der Waals surface area contributed by atoms with Crippen molar-refractivity contribution in [2.45, 2.75) is 44.9 Å². The molecule has 1 aromatic rings. The van der Waals surface area contributed by atoms with Gasteiger partial charge in [0.05, 0.1) is 31.1 Å². The molecular weight excluding hydrogens is 378 g/mol. The molecular formula is C20H30N3O4S+. The number of rotatable bonds is 5. The SMILES string of the molecule is CCC1(C)CC(=O)N(C[NH+]2CCN(S(=O)(=O)c3ccc(C)cc3)CC2)C(=O)C1. The molecule has 0 radical (unpaired) electrons. The molecule has 7 nitrogen and oxygen atoms in total. The van der Waals surface area contributed by atoms with E-state index in [0.717, 1.165) is 16.9 Å². The largest absolute Gasteiger partial charge is 0.315 e. The lowest BCUT2D eigenvalue weighted by molar-refractivity contribution is -0.911. The van der Waals surface area contributed by atoms with Crippen LogP contribution < -0.4 is 4.90 Å². The number of likely N-dealkylation sites (tertiary alicyclic amines) is 1. The van der Waals surface area contributed by atoms with Crippen LogP contribution in [0.3, 0.4) is 0 Å². The van der Waals surface area contributed by atoms with E-state index in [-0.39, 0.29) is 17.2 Å². The van der Waals surface area contributed by atoms with Crippen molar-refractivity contribution in [2.75, 3.05) is 32.8 Å². The van der Waals surface area contributed by atoms with Gasteiger partial charge < -0.3 is 4.90 Å². The van der Waals surface area contributed by atoms with Gasteiger partial charge in [0.2, 0.25) is 21.8 Å². The number of hydrogen-bond donors (Lipinski definition) is 1. The monoisotopic (exact) mass is 408 g/mol. The summed E-state index contributed by atoms with van der Waals surface area (Å²) in [6.45, 7) is 8.17. The van der Waals surface area contributed by atoms with E-state index in [1.54, 1.807) is 24.3 Å². The van der Waals surface area contributed by atoms with Gasteiger partial charge in [0, 0.05) is 12.8 Å². The highest BCUT2D eigenvalue weighted by atomic mass is 32.2. The molecule has 2 heterocycles. The van der Waals surface area contributed by atoms with Gasteiger partial charge >= 0.3 is 0 Å². The third-order valence-electron chi connectivity index (χ3n) is 6.08. The average molecular weight is 409 g/mol. The quantitative estimate of drug-likeness (QED) is 0.716. The minimum atomic E-state index is -3.50. The minimum absolute atomic E-state index is 0.109. The Morgan fingerprint density at radius 2 is 1.57 bits per heavy atom. The summed E-state index contributed by atoms with van der Waals surface area (Å²) in [5.74, 6) is -0.217. The molecule has 0 spiro atoms. The summed E-state index contributed by atoms with van der Waals surface area (Å²) in [5.41, 5.74) is 0.782. The van der Waals surface area contributed by atoms with E-state index in [1.165, 1.54) is 9.21 Å². The lowest BCUT2D eigenvalue weighted by Crippen LogP contribution is -3.16. The summed E-state index contributed by atoms with van der Waals surface area (Å²) in [4.78, 5) is 27.7. The molecule has 0 bridgehead atoms. The first-order valence-corrected chi connectivity index (χ1v) is 11.3. The van der Waals surface area contributed by atoms with Crippen molar-refractivity contribution in [3.63, 3.8) is 0 Å². The van der Waals surface area contributed by atoms with Gasteiger partial charge in [-0.2, -0.15) is 4.31 Å². The van der Waals surface area contributed by atoms with Gasteiger partial charge in [0.15, 0.2) is 6.67 Å². The lowest BCUT2D eigenvalue weighted by atomic mass is 9.77. The summed E-state index contributed by atoms with van der Waals surface area (Å²) < 4.78 is 27.1. The molecule has 2 fully saturated rings. The summed E-state index contributed by atoms with van der Waals surface area (Å²) in [7, 11) is -3.50. The van der Waals surface area contributed by atoms with Crippen LogP contribution >= 0.6 is 0 Å². The molecule has 0 atom stereocenters. The van der Waals surface area contributed by atoms with E-state index < -0.39 is 10.0 Å². The molecule has 2 aliphatic rings. The van der Waals surface area contributed by atoms with Crippen LogP contribution in [0.15, 0.2) is 29.2 Å². The number of nitrogens with zero attached hydrogens (tertiary/aromatic N) is 2. The Kier molecular flexibility index (Phi) is 5.93. The number of aryl methyl sites for hydroxylation is 1. The van der Waals surface area contributed by atoms with Gasteiger partial charge in [-0.25, -0.2) is 13.3 Å². The molecule has 0 aliphatic carbocycles. The number of amides is 2. The van der Waals surface area contributed by atoms with Crippen molar-refractivity contribution in [1.29, 1.82) is 0 Å². The molecule has 8 heteroatoms. The van der Waals surface area contributed by atoms with Crippen molar-refractivity contribution in [2.24, 2.45) is 5.41 Å². The molecule has 0 saturated carbocycles. The Labute approximate surface area is 167 Å². The van der Waals surface area contributed by atoms with Crippen molar-refractivity contribution in [3.8, 4) is 0 Å². The Morgan fingerprint density at radius 1 is 1.04 bits per heavy atom. The number of imide groups is 1. The van der Waals surface area contributed by atoms with Crippen LogP contribution in [0.4, 0.5) is 0 Å². The van der Waals surface area contributed by atoms with Gasteiger partial charge in [-0.3, -0.25) is 9.59 Å². The first-order valence-electron chi connectivity index (χ1n) is 9.88. The molecule has 0 aromatic heterocycles. The van der Waals surface area contributed by atoms with Crippen LogP contribution in [-0.4, -0.2) is 62.3 Å². The number of hydrogen-bond acceptors (Lipinski definition) is 4. The Morgan fingerprint density at radius 3 is 2.07 bits per heavy atom. The normalized spacial score (nSPS) is 21.9. The van der Waals surface area contributed by atoms with Gasteiger partial charge in [-0.1, -0.05) is 31.5 Å². The number of sulfonamides is 1.